The van der Waals surface area contributed by atoms with E-state index < -0.39 is 83.8 Å². The van der Waals surface area contributed by atoms with Gasteiger partial charge in [0, 0.05) is 6.54 Å². The Labute approximate surface area is 277 Å². The molecule has 0 heterocycles. The van der Waals surface area contributed by atoms with Crippen LogP contribution in [-0.4, -0.2) is 101 Å². The average molecular weight is 672 g/mol. The molecule has 17 nitrogen and oxygen atoms in total. The Balaban J connectivity index is 5.98. The molecule has 0 radical (unpaired) electrons. The number of carboxylic acid groups (broad SMARTS) is 1. The molecule has 0 aromatic rings. The van der Waals surface area contributed by atoms with Crippen LogP contribution in [0.25, 0.3) is 0 Å². The average Bonchev–Trinajstić information content (AvgIpc) is 2.93. The number of rotatable bonds is 21. The van der Waals surface area contributed by atoms with Crippen molar-refractivity contribution in [3.8, 4) is 0 Å². The largest absolute Gasteiger partial charge is 0.480 e. The predicted molar refractivity (Wildman–Crippen MR) is 176 cm³/mol. The molecule has 270 valence electrons. The minimum atomic E-state index is -1.60. The first kappa shape index (κ1) is 43.0. The van der Waals surface area contributed by atoms with E-state index in [1.54, 1.807) is 13.8 Å². The van der Waals surface area contributed by atoms with E-state index in [-0.39, 0.29) is 43.6 Å². The van der Waals surface area contributed by atoms with E-state index in [4.69, 9.17) is 17.2 Å². The van der Waals surface area contributed by atoms with Crippen LogP contribution in [0.1, 0.15) is 81.1 Å². The maximum atomic E-state index is 13.6. The minimum Gasteiger partial charge on any atom is -0.480 e. The van der Waals surface area contributed by atoms with Crippen LogP contribution in [0.4, 0.5) is 0 Å². The summed E-state index contributed by atoms with van der Waals surface area (Å²) in [5, 5.41) is 31.8. The molecule has 0 spiro atoms. The highest BCUT2D eigenvalue weighted by Gasteiger charge is 2.34. The Morgan fingerprint density at radius 2 is 1.17 bits per heavy atom. The van der Waals surface area contributed by atoms with Crippen molar-refractivity contribution >= 4 is 41.5 Å². The Morgan fingerprint density at radius 3 is 1.64 bits per heavy atom. The van der Waals surface area contributed by atoms with E-state index >= 15 is 0 Å². The summed E-state index contributed by atoms with van der Waals surface area (Å²) in [6.07, 6.45) is -0.481. The Kier molecular flexibility index (Phi) is 19.2. The molecule has 0 rings (SSSR count). The van der Waals surface area contributed by atoms with Crippen molar-refractivity contribution in [2.45, 2.75) is 123 Å². The molecular weight excluding hydrogens is 614 g/mol. The Morgan fingerprint density at radius 1 is 0.660 bits per heavy atom. The normalized spacial score (nSPS) is 15.8. The molecule has 0 aromatic heterocycles. The van der Waals surface area contributed by atoms with Gasteiger partial charge < -0.3 is 54.0 Å². The van der Waals surface area contributed by atoms with Crippen LogP contribution in [0.3, 0.4) is 0 Å². The number of hydrogen-bond donors (Lipinski definition) is 10. The number of aliphatic hydroxyl groups excluding tert-OH is 1. The summed E-state index contributed by atoms with van der Waals surface area (Å²) in [5.74, 6) is -5.46. The monoisotopic (exact) mass is 671 g/mol. The molecule has 5 amide bonds. The van der Waals surface area contributed by atoms with E-state index in [1.807, 2.05) is 27.7 Å². The van der Waals surface area contributed by atoms with Gasteiger partial charge in [0.25, 0.3) is 0 Å². The third kappa shape index (κ3) is 16.9. The standard InChI is InChI=1S/C30H57N9O8/c1-14(2)12-19(31)25(42)35-17(7)24(41)36-20(10-9-11-34-30(32)33)26(43)37-21(13-15(3)4)27(44)38-22(16(5)6)28(45)39-23(18(8)40)29(46)47/h14-23,40H,9-13,31H2,1-8H3,(H,35,42)(H,36,41)(H,37,43)(H,38,44)(H,39,45)(H,46,47)(H4,32,33,34)/t17-,18+,19-,20-,21-,22-,23-/m0/s1. The van der Waals surface area contributed by atoms with Crippen molar-refractivity contribution in [3.05, 3.63) is 0 Å². The lowest BCUT2D eigenvalue weighted by atomic mass is 9.99. The molecule has 17 heteroatoms. The summed E-state index contributed by atoms with van der Waals surface area (Å²) in [7, 11) is 0. The van der Waals surface area contributed by atoms with Gasteiger partial charge in [-0.25, -0.2) is 4.79 Å². The number of nitrogens with two attached hydrogens (primary N) is 3. The number of aliphatic hydroxyl groups is 1. The Hall–Kier alpha value is -3.99. The maximum Gasteiger partial charge on any atom is 0.328 e. The number of aliphatic imine (C=N–C) groups is 1. The zero-order valence-electron chi connectivity index (χ0n) is 28.8. The second kappa shape index (κ2) is 21.0. The number of amides is 5. The molecule has 0 bridgehead atoms. The highest BCUT2D eigenvalue weighted by atomic mass is 16.4. The van der Waals surface area contributed by atoms with E-state index in [2.05, 4.69) is 31.6 Å². The summed E-state index contributed by atoms with van der Waals surface area (Å²) in [6, 6.07) is -6.96. The maximum absolute atomic E-state index is 13.6. The number of nitrogens with one attached hydrogen (secondary N) is 5. The Bertz CT molecular complexity index is 1090. The number of guanidine groups is 1. The van der Waals surface area contributed by atoms with Crippen molar-refractivity contribution in [1.29, 1.82) is 0 Å². The van der Waals surface area contributed by atoms with Crippen molar-refractivity contribution in [1.82, 2.24) is 26.6 Å². The summed E-state index contributed by atoms with van der Waals surface area (Å²) in [5.41, 5.74) is 16.7. The summed E-state index contributed by atoms with van der Waals surface area (Å²) >= 11 is 0. The molecule has 0 aliphatic rings. The lowest BCUT2D eigenvalue weighted by Crippen LogP contribution is -2.60. The van der Waals surface area contributed by atoms with Gasteiger partial charge in [0.1, 0.15) is 24.2 Å². The van der Waals surface area contributed by atoms with E-state index in [1.165, 1.54) is 13.8 Å². The van der Waals surface area contributed by atoms with Gasteiger partial charge in [0.15, 0.2) is 12.0 Å². The fourth-order valence-corrected chi connectivity index (χ4v) is 4.47. The molecular formula is C30H57N9O8. The van der Waals surface area contributed by atoms with Crippen LogP contribution in [0.15, 0.2) is 4.99 Å². The number of aliphatic carboxylic acids is 1. The van der Waals surface area contributed by atoms with Gasteiger partial charge in [0.2, 0.25) is 29.5 Å². The molecule has 13 N–H and O–H groups in total. The summed E-state index contributed by atoms with van der Waals surface area (Å²) in [6.45, 7) is 13.5. The predicted octanol–water partition coefficient (Wildman–Crippen LogP) is -1.98. The van der Waals surface area contributed by atoms with Crippen molar-refractivity contribution in [2.24, 2.45) is 39.9 Å². The van der Waals surface area contributed by atoms with E-state index in [0.717, 1.165) is 0 Å². The molecule has 7 atom stereocenters. The van der Waals surface area contributed by atoms with Crippen LogP contribution < -0.4 is 43.8 Å². The van der Waals surface area contributed by atoms with Crippen molar-refractivity contribution < 1.29 is 39.0 Å². The van der Waals surface area contributed by atoms with Crippen molar-refractivity contribution in [2.75, 3.05) is 6.54 Å². The fourth-order valence-electron chi connectivity index (χ4n) is 4.47. The van der Waals surface area contributed by atoms with Gasteiger partial charge in [-0.05, 0) is 57.3 Å². The minimum absolute atomic E-state index is 0.0743. The lowest BCUT2D eigenvalue weighted by molar-refractivity contribution is -0.145. The smallest absolute Gasteiger partial charge is 0.328 e. The first-order chi connectivity index (χ1) is 21.7. The van der Waals surface area contributed by atoms with Crippen LogP contribution in [0.5, 0.6) is 0 Å². The zero-order valence-corrected chi connectivity index (χ0v) is 28.8. The van der Waals surface area contributed by atoms with Crippen molar-refractivity contribution in [3.63, 3.8) is 0 Å². The number of hydrogen-bond acceptors (Lipinski definition) is 9. The second-order valence-corrected chi connectivity index (χ2v) is 13.0. The van der Waals surface area contributed by atoms with Gasteiger partial charge >= 0.3 is 5.97 Å². The molecule has 0 aromatic carbocycles. The topological polar surface area (TPSA) is 293 Å². The number of carbonyl (C=O) groups excluding carboxylic acids is 5. The third-order valence-electron chi connectivity index (χ3n) is 7.03. The van der Waals surface area contributed by atoms with Crippen LogP contribution in [0, 0.1) is 17.8 Å². The summed E-state index contributed by atoms with van der Waals surface area (Å²) < 4.78 is 0. The first-order valence-corrected chi connectivity index (χ1v) is 15.9. The van der Waals surface area contributed by atoms with Gasteiger partial charge in [-0.2, -0.15) is 0 Å². The third-order valence-corrected chi connectivity index (χ3v) is 7.03. The molecule has 47 heavy (non-hydrogen) atoms. The highest BCUT2D eigenvalue weighted by Crippen LogP contribution is 2.10. The molecule has 0 saturated carbocycles. The van der Waals surface area contributed by atoms with Gasteiger partial charge in [-0.1, -0.05) is 41.5 Å². The second-order valence-electron chi connectivity index (χ2n) is 13.0. The SMILES string of the molecule is CC(C)C[C@H](NC(=O)[C@H](CCCN=C(N)N)NC(=O)[C@H](C)NC(=O)[C@@H](N)CC(C)C)C(=O)N[C@H](C(=O)N[C@H](C(=O)O)[C@@H](C)O)C(C)C. The quantitative estimate of drug-likeness (QED) is 0.0362. The zero-order chi connectivity index (χ0) is 36.6. The fraction of sp³-hybridized carbons (Fsp3) is 0.767. The number of nitrogens with zero attached hydrogens (tertiary/aromatic N) is 1. The summed E-state index contributed by atoms with van der Waals surface area (Å²) in [4.78, 5) is 80.9. The van der Waals surface area contributed by atoms with Gasteiger partial charge in [-0.3, -0.25) is 29.0 Å². The highest BCUT2D eigenvalue weighted by molar-refractivity contribution is 5.96. The lowest BCUT2D eigenvalue weighted by Gasteiger charge is -2.29. The van der Waals surface area contributed by atoms with Crippen LogP contribution in [-0.2, 0) is 28.8 Å². The number of carboxylic acids is 1. The number of carbonyl (C=O) groups is 6. The molecule has 0 aliphatic carbocycles. The van der Waals surface area contributed by atoms with Crippen LogP contribution in [0.2, 0.25) is 0 Å². The van der Waals surface area contributed by atoms with E-state index in [0.29, 0.717) is 6.42 Å². The molecule has 0 unspecified atom stereocenters. The van der Waals surface area contributed by atoms with Crippen LogP contribution >= 0.6 is 0 Å². The van der Waals surface area contributed by atoms with Gasteiger partial charge in [-0.15, -0.1) is 0 Å². The molecule has 0 fully saturated rings. The first-order valence-electron chi connectivity index (χ1n) is 15.9. The van der Waals surface area contributed by atoms with E-state index in [9.17, 15) is 39.0 Å². The van der Waals surface area contributed by atoms with Gasteiger partial charge in [0.05, 0.1) is 12.1 Å². The molecule has 0 aliphatic heterocycles. The molecule has 0 saturated heterocycles.